The zero-order valence-corrected chi connectivity index (χ0v) is 13.8. The van der Waals surface area contributed by atoms with Gasteiger partial charge in [0.2, 0.25) is 0 Å². The molecule has 0 bridgehead atoms. The Morgan fingerprint density at radius 3 is 2.21 bits per heavy atom. The minimum Gasteiger partial charge on any atom is -0.481 e. The molecular formula is C19H21NO4. The Balaban J connectivity index is 1.95. The lowest BCUT2D eigenvalue weighted by molar-refractivity contribution is -0.140. The van der Waals surface area contributed by atoms with Crippen LogP contribution in [0.4, 0.5) is 0 Å². The molecule has 1 amide bonds. The molecule has 1 unspecified atom stereocenters. The van der Waals surface area contributed by atoms with Crippen molar-refractivity contribution < 1.29 is 19.4 Å². The molecule has 1 atom stereocenters. The van der Waals surface area contributed by atoms with Gasteiger partial charge in [0.25, 0.3) is 5.91 Å². The van der Waals surface area contributed by atoms with E-state index in [-0.39, 0.29) is 18.9 Å². The molecule has 0 saturated carbocycles. The van der Waals surface area contributed by atoms with E-state index in [9.17, 15) is 9.59 Å². The Labute approximate surface area is 141 Å². The summed E-state index contributed by atoms with van der Waals surface area (Å²) in [6, 6.07) is 17.5. The normalized spacial score (nSPS) is 11.6. The molecule has 2 rings (SSSR count). The first kappa shape index (κ1) is 17.5. The number of hydrogen-bond donors (Lipinski definition) is 1. The molecule has 0 saturated heterocycles. The standard InChI is InChI=1S/C19H21NO4/c1-14(19(23)20(2)13-12-18(21)22)24-17-10-8-16(9-11-17)15-6-4-3-5-7-15/h3-11,14H,12-13H2,1-2H3,(H,21,22). The van der Waals surface area contributed by atoms with Crippen molar-refractivity contribution in [1.29, 1.82) is 0 Å². The summed E-state index contributed by atoms with van der Waals surface area (Å²) in [5.41, 5.74) is 2.18. The zero-order valence-electron chi connectivity index (χ0n) is 13.8. The molecule has 126 valence electrons. The number of ether oxygens (including phenoxy) is 1. The summed E-state index contributed by atoms with van der Waals surface area (Å²) in [6.07, 6.45) is -0.757. The average Bonchev–Trinajstić information content (AvgIpc) is 2.60. The van der Waals surface area contributed by atoms with Gasteiger partial charge in [0.15, 0.2) is 6.10 Å². The topological polar surface area (TPSA) is 66.8 Å². The number of carbonyl (C=O) groups is 2. The quantitative estimate of drug-likeness (QED) is 0.849. The second kappa shape index (κ2) is 8.15. The van der Waals surface area contributed by atoms with Crippen molar-refractivity contribution in [3.63, 3.8) is 0 Å². The number of benzene rings is 2. The summed E-state index contributed by atoms with van der Waals surface area (Å²) in [5, 5.41) is 8.67. The van der Waals surface area contributed by atoms with Gasteiger partial charge in [0, 0.05) is 13.6 Å². The third kappa shape index (κ3) is 4.84. The summed E-state index contributed by atoms with van der Waals surface area (Å²) in [4.78, 5) is 24.1. The molecular weight excluding hydrogens is 306 g/mol. The molecule has 0 aliphatic carbocycles. The molecule has 2 aromatic rings. The highest BCUT2D eigenvalue weighted by atomic mass is 16.5. The van der Waals surface area contributed by atoms with Crippen LogP contribution in [0.1, 0.15) is 13.3 Å². The van der Waals surface area contributed by atoms with Crippen molar-refractivity contribution in [2.45, 2.75) is 19.4 Å². The van der Waals surface area contributed by atoms with E-state index in [1.165, 1.54) is 4.90 Å². The second-order valence-corrected chi connectivity index (χ2v) is 5.55. The van der Waals surface area contributed by atoms with Gasteiger partial charge in [-0.1, -0.05) is 42.5 Å². The van der Waals surface area contributed by atoms with Gasteiger partial charge in [-0.05, 0) is 30.2 Å². The van der Waals surface area contributed by atoms with Crippen LogP contribution in [-0.4, -0.2) is 41.6 Å². The zero-order chi connectivity index (χ0) is 17.5. The SMILES string of the molecule is CC(Oc1ccc(-c2ccccc2)cc1)C(=O)N(C)CCC(=O)O. The van der Waals surface area contributed by atoms with Gasteiger partial charge in [-0.15, -0.1) is 0 Å². The van der Waals surface area contributed by atoms with Gasteiger partial charge in [-0.3, -0.25) is 9.59 Å². The number of carboxylic acids is 1. The molecule has 5 nitrogen and oxygen atoms in total. The Kier molecular flexibility index (Phi) is 5.95. The molecule has 0 aliphatic rings. The van der Waals surface area contributed by atoms with Crippen molar-refractivity contribution in [1.82, 2.24) is 4.90 Å². The smallest absolute Gasteiger partial charge is 0.305 e. The van der Waals surface area contributed by atoms with Gasteiger partial charge in [0.1, 0.15) is 5.75 Å². The van der Waals surface area contributed by atoms with E-state index in [0.717, 1.165) is 11.1 Å². The number of aliphatic carboxylic acids is 1. The van der Waals surface area contributed by atoms with Gasteiger partial charge >= 0.3 is 5.97 Å². The maximum absolute atomic E-state index is 12.2. The fourth-order valence-corrected chi connectivity index (χ4v) is 2.29. The number of nitrogens with zero attached hydrogens (tertiary/aromatic N) is 1. The highest BCUT2D eigenvalue weighted by Crippen LogP contribution is 2.22. The molecule has 0 aliphatic heterocycles. The second-order valence-electron chi connectivity index (χ2n) is 5.55. The monoisotopic (exact) mass is 327 g/mol. The Bertz CT molecular complexity index is 682. The van der Waals surface area contributed by atoms with Crippen LogP contribution >= 0.6 is 0 Å². The molecule has 0 aromatic heterocycles. The van der Waals surface area contributed by atoms with Crippen molar-refractivity contribution in [2.75, 3.05) is 13.6 Å². The predicted octanol–water partition coefficient (Wildman–Crippen LogP) is 3.05. The van der Waals surface area contributed by atoms with Crippen molar-refractivity contribution in [3.05, 3.63) is 54.6 Å². The molecule has 0 heterocycles. The lowest BCUT2D eigenvalue weighted by atomic mass is 10.1. The van der Waals surface area contributed by atoms with E-state index in [1.807, 2.05) is 54.6 Å². The lowest BCUT2D eigenvalue weighted by Gasteiger charge is -2.21. The Morgan fingerprint density at radius 1 is 1.04 bits per heavy atom. The highest BCUT2D eigenvalue weighted by molar-refractivity contribution is 5.81. The van der Waals surface area contributed by atoms with E-state index in [2.05, 4.69) is 0 Å². The number of likely N-dealkylation sites (N-methyl/N-ethyl adjacent to an activating group) is 1. The van der Waals surface area contributed by atoms with Crippen LogP contribution in [0.5, 0.6) is 5.75 Å². The highest BCUT2D eigenvalue weighted by Gasteiger charge is 2.19. The number of hydrogen-bond acceptors (Lipinski definition) is 3. The molecule has 1 N–H and O–H groups in total. The maximum atomic E-state index is 12.2. The van der Waals surface area contributed by atoms with E-state index >= 15 is 0 Å². The summed E-state index contributed by atoms with van der Waals surface area (Å²) in [5.74, 6) is -0.578. The molecule has 0 fully saturated rings. The number of amides is 1. The third-order valence-corrected chi connectivity index (χ3v) is 3.66. The van der Waals surface area contributed by atoms with Crippen molar-refractivity contribution in [2.24, 2.45) is 0 Å². The van der Waals surface area contributed by atoms with E-state index < -0.39 is 12.1 Å². The van der Waals surface area contributed by atoms with Crippen LogP contribution < -0.4 is 4.74 Å². The fraction of sp³-hybridized carbons (Fsp3) is 0.263. The molecule has 24 heavy (non-hydrogen) atoms. The first-order valence-electron chi connectivity index (χ1n) is 7.76. The predicted molar refractivity (Wildman–Crippen MR) is 91.9 cm³/mol. The van der Waals surface area contributed by atoms with Crippen LogP contribution in [0.2, 0.25) is 0 Å². The summed E-state index contributed by atoms with van der Waals surface area (Å²) < 4.78 is 5.66. The van der Waals surface area contributed by atoms with E-state index in [0.29, 0.717) is 5.75 Å². The van der Waals surface area contributed by atoms with Gasteiger partial charge in [-0.2, -0.15) is 0 Å². The fourth-order valence-electron chi connectivity index (χ4n) is 2.29. The Morgan fingerprint density at radius 2 is 1.62 bits per heavy atom. The van der Waals surface area contributed by atoms with Crippen LogP contribution in [0.3, 0.4) is 0 Å². The minimum absolute atomic E-state index is 0.0826. The van der Waals surface area contributed by atoms with Gasteiger partial charge < -0.3 is 14.7 Å². The summed E-state index contributed by atoms with van der Waals surface area (Å²) in [6.45, 7) is 1.82. The number of rotatable bonds is 7. The minimum atomic E-state index is -0.931. The molecule has 0 radical (unpaired) electrons. The van der Waals surface area contributed by atoms with Crippen LogP contribution in [-0.2, 0) is 9.59 Å². The molecule has 0 spiro atoms. The van der Waals surface area contributed by atoms with Gasteiger partial charge in [-0.25, -0.2) is 0 Å². The van der Waals surface area contributed by atoms with Crippen LogP contribution in [0.15, 0.2) is 54.6 Å². The largest absolute Gasteiger partial charge is 0.481 e. The van der Waals surface area contributed by atoms with Crippen LogP contribution in [0, 0.1) is 0 Å². The van der Waals surface area contributed by atoms with Crippen molar-refractivity contribution >= 4 is 11.9 Å². The number of carbonyl (C=O) groups excluding carboxylic acids is 1. The van der Waals surface area contributed by atoms with Crippen LogP contribution in [0.25, 0.3) is 11.1 Å². The summed E-state index contributed by atoms with van der Waals surface area (Å²) >= 11 is 0. The van der Waals surface area contributed by atoms with E-state index in [4.69, 9.17) is 9.84 Å². The Hall–Kier alpha value is -2.82. The van der Waals surface area contributed by atoms with E-state index in [1.54, 1.807) is 14.0 Å². The maximum Gasteiger partial charge on any atom is 0.305 e. The average molecular weight is 327 g/mol. The molecule has 2 aromatic carbocycles. The van der Waals surface area contributed by atoms with Crippen molar-refractivity contribution in [3.8, 4) is 16.9 Å². The lowest BCUT2D eigenvalue weighted by Crippen LogP contribution is -2.38. The first-order valence-corrected chi connectivity index (χ1v) is 7.76. The summed E-state index contributed by atoms with van der Waals surface area (Å²) in [7, 11) is 1.57. The molecule has 5 heteroatoms. The first-order chi connectivity index (χ1) is 11.5. The van der Waals surface area contributed by atoms with Gasteiger partial charge in [0.05, 0.1) is 6.42 Å². The number of carboxylic acid groups (broad SMARTS) is 1. The third-order valence-electron chi connectivity index (χ3n) is 3.66.